The molecule has 138 valence electrons. The zero-order valence-corrected chi connectivity index (χ0v) is 13.7. The van der Waals surface area contributed by atoms with Crippen LogP contribution in [0, 0.1) is 10.1 Å². The molecule has 0 aromatic heterocycles. The van der Waals surface area contributed by atoms with Crippen LogP contribution in [0.2, 0.25) is 0 Å². The Hall–Kier alpha value is -3.47. The minimum Gasteiger partial charge on any atom is -0.466 e. The lowest BCUT2D eigenvalue weighted by molar-refractivity contribution is -0.385. The van der Waals surface area contributed by atoms with Crippen molar-refractivity contribution >= 4 is 29.2 Å². The number of amides is 2. The van der Waals surface area contributed by atoms with E-state index in [1.807, 2.05) is 0 Å². The van der Waals surface area contributed by atoms with Crippen molar-refractivity contribution in [3.8, 4) is 0 Å². The van der Waals surface area contributed by atoms with Gasteiger partial charge in [0.2, 0.25) is 0 Å². The topological polar surface area (TPSA) is 165 Å². The van der Waals surface area contributed by atoms with E-state index in [1.54, 1.807) is 0 Å². The standard InChI is InChI=1S/C15H16N4O7/c1-26-15(23)8-7-18(5-6-20)14(22)12(8)17-9-3-2-4-10(19(24)25)11(9)13(16)21/h2-4,17,20H,5-7H2,1H3,(H2,16,21). The summed E-state index contributed by atoms with van der Waals surface area (Å²) < 4.78 is 4.64. The Kier molecular flexibility index (Phi) is 5.52. The maximum atomic E-state index is 12.5. The first kappa shape index (κ1) is 18.9. The summed E-state index contributed by atoms with van der Waals surface area (Å²) in [5, 5.41) is 22.7. The number of hydrogen-bond donors (Lipinski definition) is 3. The van der Waals surface area contributed by atoms with E-state index in [-0.39, 0.29) is 36.7 Å². The van der Waals surface area contributed by atoms with E-state index in [9.17, 15) is 24.5 Å². The van der Waals surface area contributed by atoms with Crippen LogP contribution in [0.1, 0.15) is 10.4 Å². The van der Waals surface area contributed by atoms with Crippen LogP contribution in [0.5, 0.6) is 0 Å². The third-order valence-corrected chi connectivity index (χ3v) is 3.70. The molecule has 1 aliphatic heterocycles. The van der Waals surface area contributed by atoms with Gasteiger partial charge in [-0.05, 0) is 6.07 Å². The van der Waals surface area contributed by atoms with Gasteiger partial charge in [-0.2, -0.15) is 0 Å². The van der Waals surface area contributed by atoms with E-state index in [0.29, 0.717) is 0 Å². The lowest BCUT2D eigenvalue weighted by atomic mass is 10.1. The van der Waals surface area contributed by atoms with Crippen molar-refractivity contribution in [1.82, 2.24) is 4.90 Å². The number of primary amides is 1. The summed E-state index contributed by atoms with van der Waals surface area (Å²) in [7, 11) is 1.13. The molecule has 2 amide bonds. The number of aliphatic hydroxyl groups excluding tert-OH is 1. The number of nitro benzene ring substituents is 1. The van der Waals surface area contributed by atoms with Crippen molar-refractivity contribution in [2.45, 2.75) is 0 Å². The van der Waals surface area contributed by atoms with Gasteiger partial charge in [-0.25, -0.2) is 4.79 Å². The molecule has 0 saturated carbocycles. The second-order valence-corrected chi connectivity index (χ2v) is 5.24. The molecule has 2 rings (SSSR count). The van der Waals surface area contributed by atoms with Gasteiger partial charge in [-0.1, -0.05) is 6.07 Å². The Labute approximate surface area is 147 Å². The maximum Gasteiger partial charge on any atom is 0.337 e. The summed E-state index contributed by atoms with van der Waals surface area (Å²) in [4.78, 5) is 47.6. The molecule has 0 aliphatic carbocycles. The molecule has 0 radical (unpaired) electrons. The number of carbonyl (C=O) groups is 3. The van der Waals surface area contributed by atoms with Crippen molar-refractivity contribution in [2.75, 3.05) is 32.1 Å². The number of β-amino-alcohol motifs (C(OH)–C–C–N with tert-alkyl or cyclic N) is 1. The first-order valence-electron chi connectivity index (χ1n) is 7.37. The van der Waals surface area contributed by atoms with Crippen molar-refractivity contribution in [1.29, 1.82) is 0 Å². The fourth-order valence-electron chi connectivity index (χ4n) is 2.54. The van der Waals surface area contributed by atoms with Gasteiger partial charge in [0.25, 0.3) is 17.5 Å². The molecule has 0 bridgehead atoms. The quantitative estimate of drug-likeness (QED) is 0.327. The van der Waals surface area contributed by atoms with Crippen LogP contribution >= 0.6 is 0 Å². The highest BCUT2D eigenvalue weighted by atomic mass is 16.6. The number of esters is 1. The van der Waals surface area contributed by atoms with Gasteiger partial charge in [0, 0.05) is 12.6 Å². The Bertz CT molecular complexity index is 818. The van der Waals surface area contributed by atoms with Crippen LogP contribution in [0.4, 0.5) is 11.4 Å². The molecule has 0 atom stereocenters. The molecule has 11 heteroatoms. The molecule has 0 saturated heterocycles. The highest BCUT2D eigenvalue weighted by Gasteiger charge is 2.35. The van der Waals surface area contributed by atoms with E-state index in [2.05, 4.69) is 10.1 Å². The normalized spacial score (nSPS) is 13.8. The van der Waals surface area contributed by atoms with E-state index in [4.69, 9.17) is 10.8 Å². The third-order valence-electron chi connectivity index (χ3n) is 3.70. The van der Waals surface area contributed by atoms with Crippen molar-refractivity contribution < 1.29 is 29.2 Å². The lowest BCUT2D eigenvalue weighted by Gasteiger charge is -2.15. The number of nitrogens with zero attached hydrogens (tertiary/aromatic N) is 2. The molecule has 1 aromatic carbocycles. The van der Waals surface area contributed by atoms with Gasteiger partial charge in [-0.3, -0.25) is 19.7 Å². The third kappa shape index (κ3) is 3.47. The fraction of sp³-hybridized carbons (Fsp3) is 0.267. The second kappa shape index (κ2) is 7.61. The number of methoxy groups -OCH3 is 1. The summed E-state index contributed by atoms with van der Waals surface area (Å²) in [5.74, 6) is -2.48. The number of anilines is 1. The highest BCUT2D eigenvalue weighted by molar-refractivity contribution is 6.10. The summed E-state index contributed by atoms with van der Waals surface area (Å²) in [6.07, 6.45) is 0. The molecule has 1 aromatic rings. The molecule has 4 N–H and O–H groups in total. The summed E-state index contributed by atoms with van der Waals surface area (Å²) in [6.45, 7) is -0.464. The van der Waals surface area contributed by atoms with Crippen molar-refractivity contribution in [3.05, 3.63) is 45.1 Å². The highest BCUT2D eigenvalue weighted by Crippen LogP contribution is 2.29. The predicted molar refractivity (Wildman–Crippen MR) is 87.9 cm³/mol. The van der Waals surface area contributed by atoms with E-state index < -0.39 is 34.0 Å². The van der Waals surface area contributed by atoms with Crippen molar-refractivity contribution in [2.24, 2.45) is 5.73 Å². The average Bonchev–Trinajstić information content (AvgIpc) is 2.90. The number of aliphatic hydroxyl groups is 1. The summed E-state index contributed by atoms with van der Waals surface area (Å²) in [5.41, 5.74) is 3.94. The molecule has 1 heterocycles. The molecular weight excluding hydrogens is 348 g/mol. The number of nitrogens with two attached hydrogens (primary N) is 1. The number of nitrogens with one attached hydrogen (secondary N) is 1. The molecule has 0 spiro atoms. The van der Waals surface area contributed by atoms with Gasteiger partial charge >= 0.3 is 5.97 Å². The molecule has 26 heavy (non-hydrogen) atoms. The number of hydrogen-bond acceptors (Lipinski definition) is 8. The van der Waals surface area contributed by atoms with Gasteiger partial charge in [0.1, 0.15) is 11.3 Å². The molecule has 0 fully saturated rings. The molecule has 0 unspecified atom stereocenters. The monoisotopic (exact) mass is 364 g/mol. The average molecular weight is 364 g/mol. The maximum absolute atomic E-state index is 12.5. The zero-order valence-electron chi connectivity index (χ0n) is 13.7. The number of ether oxygens (including phenoxy) is 1. The number of carbonyl (C=O) groups excluding carboxylic acids is 3. The molecular formula is C15H16N4O7. The van der Waals surface area contributed by atoms with Crippen LogP contribution in [0.25, 0.3) is 0 Å². The zero-order chi connectivity index (χ0) is 19.4. The summed E-state index contributed by atoms with van der Waals surface area (Å²) in [6, 6.07) is 3.71. The van der Waals surface area contributed by atoms with Gasteiger partial charge in [0.15, 0.2) is 0 Å². The first-order valence-corrected chi connectivity index (χ1v) is 7.37. The number of rotatable bonds is 7. The second-order valence-electron chi connectivity index (χ2n) is 5.24. The minimum atomic E-state index is -1.07. The Morgan fingerprint density at radius 1 is 1.46 bits per heavy atom. The predicted octanol–water partition coefficient (Wildman–Crippen LogP) is -0.633. The van der Waals surface area contributed by atoms with Crippen LogP contribution in [0.3, 0.4) is 0 Å². The number of nitro groups is 1. The largest absolute Gasteiger partial charge is 0.466 e. The summed E-state index contributed by atoms with van der Waals surface area (Å²) >= 11 is 0. The van der Waals surface area contributed by atoms with Gasteiger partial charge in [0.05, 0.1) is 36.4 Å². The molecule has 11 nitrogen and oxygen atoms in total. The number of benzene rings is 1. The van der Waals surface area contributed by atoms with Crippen LogP contribution in [0.15, 0.2) is 29.5 Å². The van der Waals surface area contributed by atoms with E-state index in [0.717, 1.165) is 13.2 Å². The van der Waals surface area contributed by atoms with Crippen LogP contribution in [-0.4, -0.2) is 59.5 Å². The van der Waals surface area contributed by atoms with Crippen LogP contribution < -0.4 is 11.1 Å². The van der Waals surface area contributed by atoms with Crippen molar-refractivity contribution in [3.63, 3.8) is 0 Å². The van der Waals surface area contributed by atoms with Gasteiger partial charge < -0.3 is 25.8 Å². The van der Waals surface area contributed by atoms with E-state index in [1.165, 1.54) is 17.0 Å². The first-order chi connectivity index (χ1) is 12.3. The minimum absolute atomic E-state index is 0.0257. The Balaban J connectivity index is 2.52. The fourth-order valence-corrected chi connectivity index (χ4v) is 2.54. The van der Waals surface area contributed by atoms with E-state index >= 15 is 0 Å². The van der Waals surface area contributed by atoms with Gasteiger partial charge in [-0.15, -0.1) is 0 Å². The van der Waals surface area contributed by atoms with Crippen LogP contribution in [-0.2, 0) is 14.3 Å². The Morgan fingerprint density at radius 2 is 2.15 bits per heavy atom. The molecule has 1 aliphatic rings. The lowest BCUT2D eigenvalue weighted by Crippen LogP contribution is -2.31. The Morgan fingerprint density at radius 3 is 2.69 bits per heavy atom. The SMILES string of the molecule is COC(=O)C1=C(Nc2cccc([N+](=O)[O-])c2C(N)=O)C(=O)N(CCO)C1. The smallest absolute Gasteiger partial charge is 0.337 e.